The lowest BCUT2D eigenvalue weighted by Crippen LogP contribution is -2.51. The molecule has 0 unspecified atom stereocenters. The summed E-state index contributed by atoms with van der Waals surface area (Å²) in [7, 11) is 0. The van der Waals surface area contributed by atoms with E-state index >= 15 is 0 Å². The van der Waals surface area contributed by atoms with Gasteiger partial charge in [-0.25, -0.2) is 0 Å². The van der Waals surface area contributed by atoms with E-state index in [9.17, 15) is 9.59 Å². The smallest absolute Gasteiger partial charge is 0.253 e. The van der Waals surface area contributed by atoms with Crippen molar-refractivity contribution >= 4 is 11.8 Å². The molecule has 4 rings (SSSR count). The van der Waals surface area contributed by atoms with E-state index < -0.39 is 0 Å². The molecule has 0 saturated carbocycles. The monoisotopic (exact) mass is 365 g/mol. The number of carbonyl (C=O) groups is 2. The van der Waals surface area contributed by atoms with Gasteiger partial charge in [-0.05, 0) is 68.0 Å². The van der Waals surface area contributed by atoms with Crippen LogP contribution in [0, 0.1) is 13.8 Å². The summed E-state index contributed by atoms with van der Waals surface area (Å²) in [4.78, 5) is 32.5. The van der Waals surface area contributed by atoms with Gasteiger partial charge in [-0.1, -0.05) is 6.07 Å². The Bertz CT molecular complexity index is 876. The summed E-state index contributed by atoms with van der Waals surface area (Å²) in [6.07, 6.45) is 3.82. The summed E-state index contributed by atoms with van der Waals surface area (Å²) in [6, 6.07) is 8.18. The first-order chi connectivity index (χ1) is 13.0. The van der Waals surface area contributed by atoms with E-state index in [0.29, 0.717) is 32.6 Å². The van der Waals surface area contributed by atoms with E-state index in [2.05, 4.69) is 17.1 Å². The second kappa shape index (κ2) is 7.22. The highest BCUT2D eigenvalue weighted by atomic mass is 16.2. The van der Waals surface area contributed by atoms with Crippen LogP contribution in [0.4, 0.5) is 0 Å². The van der Waals surface area contributed by atoms with Gasteiger partial charge in [-0.2, -0.15) is 0 Å². The van der Waals surface area contributed by atoms with Crippen LogP contribution < -0.4 is 0 Å². The zero-order chi connectivity index (χ0) is 19.0. The zero-order valence-electron chi connectivity index (χ0n) is 16.2. The van der Waals surface area contributed by atoms with Crippen LogP contribution in [0.5, 0.6) is 0 Å². The maximum Gasteiger partial charge on any atom is 0.253 e. The lowest BCUT2D eigenvalue weighted by molar-refractivity contribution is -0.131. The highest BCUT2D eigenvalue weighted by Crippen LogP contribution is 2.23. The van der Waals surface area contributed by atoms with Crippen molar-refractivity contribution in [2.24, 2.45) is 0 Å². The lowest BCUT2D eigenvalue weighted by Gasteiger charge is -2.35. The third-order valence-electron chi connectivity index (χ3n) is 5.86. The Balaban J connectivity index is 1.35. The average Bonchev–Trinajstić information content (AvgIpc) is 3.26. The largest absolute Gasteiger partial charge is 0.362 e. The topological polar surface area (TPSA) is 56.4 Å². The quantitative estimate of drug-likeness (QED) is 0.909. The predicted molar refractivity (Wildman–Crippen MR) is 105 cm³/mol. The minimum absolute atomic E-state index is 0.0916. The number of aromatic nitrogens is 1. The molecule has 142 valence electrons. The summed E-state index contributed by atoms with van der Waals surface area (Å²) < 4.78 is 0. The summed E-state index contributed by atoms with van der Waals surface area (Å²) in [6.45, 7) is 6.43. The molecular weight excluding hydrogens is 338 g/mol. The van der Waals surface area contributed by atoms with Crippen molar-refractivity contribution in [2.75, 3.05) is 26.2 Å². The number of aromatic amines is 1. The molecule has 0 radical (unpaired) electrons. The molecule has 2 amide bonds. The number of nitrogens with one attached hydrogen (secondary N) is 1. The molecular formula is C22H27N3O2. The van der Waals surface area contributed by atoms with Gasteiger partial charge in [-0.15, -0.1) is 0 Å². The van der Waals surface area contributed by atoms with Crippen LogP contribution in [0.1, 0.15) is 44.9 Å². The second-order valence-electron chi connectivity index (χ2n) is 7.79. The van der Waals surface area contributed by atoms with Gasteiger partial charge in [-0.3, -0.25) is 9.59 Å². The number of rotatable bonds is 3. The summed E-state index contributed by atoms with van der Waals surface area (Å²) in [5.41, 5.74) is 6.71. The number of piperazine rings is 1. The maximum absolute atomic E-state index is 12.8. The number of fused-ring (bicyclic) bond motifs is 1. The lowest BCUT2D eigenvalue weighted by atomic mass is 10.1. The van der Waals surface area contributed by atoms with Crippen molar-refractivity contribution in [1.29, 1.82) is 0 Å². The van der Waals surface area contributed by atoms with E-state index in [4.69, 9.17) is 0 Å². The molecule has 27 heavy (non-hydrogen) atoms. The van der Waals surface area contributed by atoms with Crippen LogP contribution >= 0.6 is 0 Å². The second-order valence-corrected chi connectivity index (χ2v) is 7.79. The first kappa shape index (κ1) is 17.8. The highest BCUT2D eigenvalue weighted by Gasteiger charge is 2.26. The van der Waals surface area contributed by atoms with Gasteiger partial charge in [0.15, 0.2) is 0 Å². The molecule has 5 heteroatoms. The number of H-pyrrole nitrogens is 1. The molecule has 2 aliphatic rings. The fraction of sp³-hybridized carbons (Fsp3) is 0.455. The molecule has 0 bridgehead atoms. The van der Waals surface area contributed by atoms with Crippen LogP contribution in [0.15, 0.2) is 24.3 Å². The van der Waals surface area contributed by atoms with Crippen LogP contribution in [-0.2, 0) is 24.1 Å². The molecule has 0 atom stereocenters. The van der Waals surface area contributed by atoms with Crippen LogP contribution in [0.25, 0.3) is 0 Å². The van der Waals surface area contributed by atoms with E-state index in [-0.39, 0.29) is 11.8 Å². The molecule has 1 N–H and O–H groups in total. The first-order valence-electron chi connectivity index (χ1n) is 9.85. The first-order valence-corrected chi connectivity index (χ1v) is 9.85. The average molecular weight is 365 g/mol. The Labute approximate surface area is 160 Å². The Kier molecular flexibility index (Phi) is 4.77. The predicted octanol–water partition coefficient (Wildman–Crippen LogP) is 2.65. The maximum atomic E-state index is 12.8. The van der Waals surface area contributed by atoms with Crippen LogP contribution in [0.3, 0.4) is 0 Å². The molecule has 5 nitrogen and oxygen atoms in total. The number of nitrogens with zero attached hydrogens (tertiary/aromatic N) is 2. The van der Waals surface area contributed by atoms with Gasteiger partial charge in [0.1, 0.15) is 0 Å². The molecule has 1 saturated heterocycles. The SMILES string of the molecule is Cc1cc(CC(=O)N2CCN(C(=O)c3ccc4c(c3)CCC4)CC2)c(C)[nH]1. The van der Waals surface area contributed by atoms with E-state index in [1.165, 1.54) is 17.5 Å². The Hall–Kier alpha value is -2.56. The third-order valence-corrected chi connectivity index (χ3v) is 5.86. The highest BCUT2D eigenvalue weighted by molar-refractivity contribution is 5.94. The van der Waals surface area contributed by atoms with Gasteiger partial charge in [0.2, 0.25) is 5.91 Å². The van der Waals surface area contributed by atoms with Crippen LogP contribution in [0.2, 0.25) is 0 Å². The van der Waals surface area contributed by atoms with Gasteiger partial charge in [0, 0.05) is 43.1 Å². The van der Waals surface area contributed by atoms with Crippen LogP contribution in [-0.4, -0.2) is 52.8 Å². The van der Waals surface area contributed by atoms with Crippen molar-refractivity contribution in [3.8, 4) is 0 Å². The van der Waals surface area contributed by atoms with Crippen molar-refractivity contribution in [1.82, 2.24) is 14.8 Å². The fourth-order valence-electron chi connectivity index (χ4n) is 4.29. The summed E-state index contributed by atoms with van der Waals surface area (Å²) >= 11 is 0. The van der Waals surface area contributed by atoms with Crippen molar-refractivity contribution in [3.05, 3.63) is 57.9 Å². The standard InChI is InChI=1S/C22H27N3O2/c1-15-12-20(16(2)23-15)14-21(26)24-8-10-25(11-9-24)22(27)19-7-6-17-4-3-5-18(17)13-19/h6-7,12-13,23H,3-5,8-11,14H2,1-2H3. The van der Waals surface area contributed by atoms with E-state index in [1.807, 2.05) is 35.8 Å². The minimum atomic E-state index is 0.0916. The molecule has 1 fully saturated rings. The van der Waals surface area contributed by atoms with Crippen molar-refractivity contribution in [3.63, 3.8) is 0 Å². The molecule has 2 heterocycles. The minimum Gasteiger partial charge on any atom is -0.362 e. The summed E-state index contributed by atoms with van der Waals surface area (Å²) in [5, 5.41) is 0. The number of amides is 2. The molecule has 2 aromatic rings. The number of hydrogen-bond donors (Lipinski definition) is 1. The molecule has 1 aliphatic carbocycles. The van der Waals surface area contributed by atoms with Gasteiger partial charge in [0.25, 0.3) is 5.91 Å². The number of benzene rings is 1. The van der Waals surface area contributed by atoms with E-state index in [0.717, 1.165) is 35.4 Å². The number of carbonyl (C=O) groups excluding carboxylic acids is 2. The van der Waals surface area contributed by atoms with Gasteiger partial charge in [0.05, 0.1) is 6.42 Å². The van der Waals surface area contributed by atoms with Crippen molar-refractivity contribution in [2.45, 2.75) is 39.5 Å². The molecule has 0 spiro atoms. The number of hydrogen-bond acceptors (Lipinski definition) is 2. The molecule has 1 aliphatic heterocycles. The summed E-state index contributed by atoms with van der Waals surface area (Å²) in [5.74, 6) is 0.232. The fourth-order valence-corrected chi connectivity index (χ4v) is 4.29. The van der Waals surface area contributed by atoms with Gasteiger partial charge < -0.3 is 14.8 Å². The van der Waals surface area contributed by atoms with Crippen molar-refractivity contribution < 1.29 is 9.59 Å². The molecule has 1 aromatic carbocycles. The van der Waals surface area contributed by atoms with Gasteiger partial charge >= 0.3 is 0 Å². The number of aryl methyl sites for hydroxylation is 4. The van der Waals surface area contributed by atoms with E-state index in [1.54, 1.807) is 0 Å². The Morgan fingerprint density at radius 3 is 2.37 bits per heavy atom. The normalized spacial score (nSPS) is 16.5. The Morgan fingerprint density at radius 2 is 1.67 bits per heavy atom. The zero-order valence-corrected chi connectivity index (χ0v) is 16.2. The molecule has 1 aromatic heterocycles. The Morgan fingerprint density at radius 1 is 0.963 bits per heavy atom. The third kappa shape index (κ3) is 3.64.